The lowest BCUT2D eigenvalue weighted by Gasteiger charge is -2.02. The van der Waals surface area contributed by atoms with E-state index in [-0.39, 0.29) is 11.3 Å². The van der Waals surface area contributed by atoms with Gasteiger partial charge in [0.15, 0.2) is 5.78 Å². The van der Waals surface area contributed by atoms with Crippen molar-refractivity contribution in [1.82, 2.24) is 0 Å². The molecule has 0 fully saturated rings. The molecule has 0 amide bonds. The monoisotopic (exact) mass is 294 g/mol. The van der Waals surface area contributed by atoms with Crippen molar-refractivity contribution >= 4 is 22.7 Å². The standard InChI is InChI=1S/C18H14O4/c1-2-14-16(13-5-3-4-6-15(13)22-14)17(19)11-7-9-12(10-8-11)18(20)21/h3-10H,2H2,1H3,(H,20,21). The molecule has 0 saturated carbocycles. The second kappa shape index (κ2) is 5.48. The van der Waals surface area contributed by atoms with Gasteiger partial charge in [-0.3, -0.25) is 4.79 Å². The summed E-state index contributed by atoms with van der Waals surface area (Å²) in [7, 11) is 0. The van der Waals surface area contributed by atoms with E-state index in [0.717, 1.165) is 5.39 Å². The molecule has 1 N–H and O–H groups in total. The molecule has 0 radical (unpaired) electrons. The highest BCUT2D eigenvalue weighted by Crippen LogP contribution is 2.28. The molecule has 3 rings (SSSR count). The minimum Gasteiger partial charge on any atom is -0.478 e. The van der Waals surface area contributed by atoms with Crippen LogP contribution >= 0.6 is 0 Å². The van der Waals surface area contributed by atoms with Gasteiger partial charge in [0.25, 0.3) is 0 Å². The summed E-state index contributed by atoms with van der Waals surface area (Å²) in [6.45, 7) is 1.93. The third kappa shape index (κ3) is 2.29. The molecule has 0 unspecified atom stereocenters. The first-order chi connectivity index (χ1) is 10.6. The largest absolute Gasteiger partial charge is 0.478 e. The summed E-state index contributed by atoms with van der Waals surface area (Å²) in [5, 5.41) is 9.71. The predicted molar refractivity (Wildman–Crippen MR) is 82.4 cm³/mol. The van der Waals surface area contributed by atoms with Crippen LogP contribution in [0.1, 0.15) is 39.0 Å². The topological polar surface area (TPSA) is 67.5 Å². The molecule has 0 aliphatic rings. The zero-order valence-electron chi connectivity index (χ0n) is 12.0. The number of hydrogen-bond donors (Lipinski definition) is 1. The Bertz CT molecular complexity index is 856. The van der Waals surface area contributed by atoms with Gasteiger partial charge in [-0.15, -0.1) is 0 Å². The number of carboxylic acids is 1. The van der Waals surface area contributed by atoms with Crippen LogP contribution in [-0.2, 0) is 6.42 Å². The van der Waals surface area contributed by atoms with Crippen molar-refractivity contribution in [2.45, 2.75) is 13.3 Å². The molecule has 3 aromatic rings. The van der Waals surface area contributed by atoms with E-state index < -0.39 is 5.97 Å². The lowest BCUT2D eigenvalue weighted by atomic mass is 9.98. The molecule has 0 aliphatic heterocycles. The van der Waals surface area contributed by atoms with Gasteiger partial charge in [0.2, 0.25) is 0 Å². The Balaban J connectivity index is 2.10. The van der Waals surface area contributed by atoms with Crippen molar-refractivity contribution in [3.8, 4) is 0 Å². The van der Waals surface area contributed by atoms with Crippen LogP contribution in [0.3, 0.4) is 0 Å². The van der Waals surface area contributed by atoms with Gasteiger partial charge in [0, 0.05) is 17.4 Å². The first kappa shape index (κ1) is 14.1. The van der Waals surface area contributed by atoms with E-state index in [1.54, 1.807) is 0 Å². The predicted octanol–water partition coefficient (Wildman–Crippen LogP) is 3.92. The van der Waals surface area contributed by atoms with E-state index in [0.29, 0.717) is 28.9 Å². The number of ketones is 1. The maximum absolute atomic E-state index is 12.8. The van der Waals surface area contributed by atoms with Crippen LogP contribution in [0.4, 0.5) is 0 Å². The van der Waals surface area contributed by atoms with Gasteiger partial charge in [0.05, 0.1) is 11.1 Å². The summed E-state index contributed by atoms with van der Waals surface area (Å²) in [6.07, 6.45) is 0.614. The molecule has 0 atom stereocenters. The van der Waals surface area contributed by atoms with E-state index >= 15 is 0 Å². The van der Waals surface area contributed by atoms with Crippen molar-refractivity contribution in [3.05, 3.63) is 71.0 Å². The summed E-state index contributed by atoms with van der Waals surface area (Å²) in [5.74, 6) is -0.519. The highest BCUT2D eigenvalue weighted by atomic mass is 16.4. The van der Waals surface area contributed by atoms with E-state index in [1.165, 1.54) is 24.3 Å². The Morgan fingerprint density at radius 1 is 1.00 bits per heavy atom. The lowest BCUT2D eigenvalue weighted by molar-refractivity contribution is 0.0696. The Kier molecular flexibility index (Phi) is 3.51. The van der Waals surface area contributed by atoms with Crippen molar-refractivity contribution in [3.63, 3.8) is 0 Å². The molecule has 4 heteroatoms. The van der Waals surface area contributed by atoms with Gasteiger partial charge < -0.3 is 9.52 Å². The van der Waals surface area contributed by atoms with Crippen molar-refractivity contribution in [2.24, 2.45) is 0 Å². The molecule has 0 bridgehead atoms. The summed E-state index contributed by atoms with van der Waals surface area (Å²) in [5.41, 5.74) is 1.85. The summed E-state index contributed by atoms with van der Waals surface area (Å²) >= 11 is 0. The highest BCUT2D eigenvalue weighted by molar-refractivity contribution is 6.17. The van der Waals surface area contributed by atoms with Gasteiger partial charge in [0.1, 0.15) is 11.3 Å². The minimum absolute atomic E-state index is 0.154. The number of hydrogen-bond acceptors (Lipinski definition) is 3. The Morgan fingerprint density at radius 3 is 2.27 bits per heavy atom. The van der Waals surface area contributed by atoms with Crippen molar-refractivity contribution < 1.29 is 19.1 Å². The molecule has 4 nitrogen and oxygen atoms in total. The summed E-state index contributed by atoms with van der Waals surface area (Å²) in [6, 6.07) is 13.4. The molecule has 0 spiro atoms. The number of carboxylic acid groups (broad SMARTS) is 1. The molecule has 1 heterocycles. The number of para-hydroxylation sites is 1. The normalized spacial score (nSPS) is 10.8. The zero-order valence-corrected chi connectivity index (χ0v) is 12.0. The van der Waals surface area contributed by atoms with E-state index in [2.05, 4.69) is 0 Å². The lowest BCUT2D eigenvalue weighted by Crippen LogP contribution is -2.04. The zero-order chi connectivity index (χ0) is 15.7. The molecular formula is C18H14O4. The second-order valence-electron chi connectivity index (χ2n) is 4.96. The van der Waals surface area contributed by atoms with E-state index in [4.69, 9.17) is 9.52 Å². The van der Waals surface area contributed by atoms with Crippen LogP contribution in [0.15, 0.2) is 52.9 Å². The molecule has 0 aliphatic carbocycles. The second-order valence-corrected chi connectivity index (χ2v) is 4.96. The van der Waals surface area contributed by atoms with Crippen LogP contribution in [0, 0.1) is 0 Å². The quantitative estimate of drug-likeness (QED) is 0.740. The van der Waals surface area contributed by atoms with Crippen LogP contribution in [0.2, 0.25) is 0 Å². The molecule has 1 aromatic heterocycles. The molecule has 0 saturated heterocycles. The number of fused-ring (bicyclic) bond motifs is 1. The maximum Gasteiger partial charge on any atom is 0.335 e. The number of carbonyl (C=O) groups is 2. The smallest absolute Gasteiger partial charge is 0.335 e. The Hall–Kier alpha value is -2.88. The van der Waals surface area contributed by atoms with Crippen LogP contribution in [-0.4, -0.2) is 16.9 Å². The number of furan rings is 1. The number of carbonyl (C=O) groups excluding carboxylic acids is 1. The highest BCUT2D eigenvalue weighted by Gasteiger charge is 2.20. The van der Waals surface area contributed by atoms with Gasteiger partial charge in [-0.1, -0.05) is 37.3 Å². The Morgan fingerprint density at radius 2 is 1.64 bits per heavy atom. The molecule has 2 aromatic carbocycles. The average Bonchev–Trinajstić information content (AvgIpc) is 2.92. The minimum atomic E-state index is -1.01. The van der Waals surface area contributed by atoms with Gasteiger partial charge in [-0.05, 0) is 18.2 Å². The average molecular weight is 294 g/mol. The third-order valence-corrected chi connectivity index (χ3v) is 3.61. The SMILES string of the molecule is CCc1oc2ccccc2c1C(=O)c1ccc(C(=O)O)cc1. The first-order valence-electron chi connectivity index (χ1n) is 7.00. The third-order valence-electron chi connectivity index (χ3n) is 3.61. The van der Waals surface area contributed by atoms with Crippen molar-refractivity contribution in [2.75, 3.05) is 0 Å². The number of rotatable bonds is 4. The summed E-state index contributed by atoms with van der Waals surface area (Å²) < 4.78 is 5.74. The first-order valence-corrected chi connectivity index (χ1v) is 7.00. The van der Waals surface area contributed by atoms with E-state index in [9.17, 15) is 9.59 Å². The summed E-state index contributed by atoms with van der Waals surface area (Å²) in [4.78, 5) is 23.7. The van der Waals surface area contributed by atoms with Gasteiger partial charge in [-0.25, -0.2) is 4.79 Å². The molecular weight excluding hydrogens is 280 g/mol. The fraction of sp³-hybridized carbons (Fsp3) is 0.111. The maximum atomic E-state index is 12.8. The fourth-order valence-electron chi connectivity index (χ4n) is 2.50. The Labute approximate surface area is 127 Å². The van der Waals surface area contributed by atoms with Crippen LogP contribution in [0.5, 0.6) is 0 Å². The van der Waals surface area contributed by atoms with Gasteiger partial charge >= 0.3 is 5.97 Å². The number of benzene rings is 2. The number of aromatic carboxylic acids is 1. The molecule has 110 valence electrons. The number of aryl methyl sites for hydroxylation is 1. The van der Waals surface area contributed by atoms with E-state index in [1.807, 2.05) is 31.2 Å². The molecule has 22 heavy (non-hydrogen) atoms. The van der Waals surface area contributed by atoms with Crippen molar-refractivity contribution in [1.29, 1.82) is 0 Å². The fourth-order valence-corrected chi connectivity index (χ4v) is 2.50. The van der Waals surface area contributed by atoms with Gasteiger partial charge in [-0.2, -0.15) is 0 Å². The van der Waals surface area contributed by atoms with Crippen LogP contribution in [0.25, 0.3) is 11.0 Å². The van der Waals surface area contributed by atoms with Crippen LogP contribution < -0.4 is 0 Å².